The highest BCUT2D eigenvalue weighted by Crippen LogP contribution is 2.08. The zero-order valence-electron chi connectivity index (χ0n) is 11.0. The lowest BCUT2D eigenvalue weighted by Crippen LogP contribution is -2.03. The Morgan fingerprint density at radius 2 is 1.75 bits per heavy atom. The van der Waals surface area contributed by atoms with Crippen LogP contribution in [0.5, 0.6) is 0 Å². The fourth-order valence-electron chi connectivity index (χ4n) is 1.64. The maximum Gasteiger partial charge on any atom is 0.0789 e. The maximum atomic E-state index is 5.41. The van der Waals surface area contributed by atoms with E-state index in [1.165, 1.54) is 44.9 Å². The first-order valence-electron chi connectivity index (χ1n) is 6.58. The van der Waals surface area contributed by atoms with Crippen molar-refractivity contribution in [1.82, 2.24) is 0 Å². The second kappa shape index (κ2) is 12.5. The summed E-state index contributed by atoms with van der Waals surface area (Å²) >= 11 is 0. The molecule has 0 fully saturated rings. The molecule has 0 saturated carbocycles. The number of rotatable bonds is 11. The van der Waals surface area contributed by atoms with E-state index in [1.54, 1.807) is 13.2 Å². The molecule has 0 aliphatic carbocycles. The van der Waals surface area contributed by atoms with Crippen LogP contribution in [0.1, 0.15) is 58.3 Å². The number of ether oxygens (including phenoxy) is 1. The highest BCUT2D eigenvalue weighted by Gasteiger charge is 1.96. The molecular weight excluding hydrogens is 196 g/mol. The number of unbranched alkanes of at least 4 members (excludes halogenated alkanes) is 6. The van der Waals surface area contributed by atoms with Crippen LogP contribution in [0.3, 0.4) is 0 Å². The Morgan fingerprint density at radius 1 is 1.06 bits per heavy atom. The molecule has 0 bridgehead atoms. The molecule has 1 nitrogen and oxygen atoms in total. The summed E-state index contributed by atoms with van der Waals surface area (Å²) in [6.07, 6.45) is 16.3. The summed E-state index contributed by atoms with van der Waals surface area (Å²) in [5.41, 5.74) is 0. The molecule has 1 heteroatoms. The molecule has 93 valence electrons. The van der Waals surface area contributed by atoms with Gasteiger partial charge in [0.1, 0.15) is 0 Å². The van der Waals surface area contributed by atoms with Crippen molar-refractivity contribution in [3.63, 3.8) is 0 Å². The standard InChI is InChI=1S/C15H27O/c1-4-6-7-8-9-10-11-12-13-14-15(5-2)16-3/h2,5,12-13,15H,4,6-11,14H2,1,3H3. The average Bonchev–Trinajstić information content (AvgIpc) is 2.32. The monoisotopic (exact) mass is 223 g/mol. The minimum absolute atomic E-state index is 0.0702. The first kappa shape index (κ1) is 15.4. The topological polar surface area (TPSA) is 9.23 Å². The van der Waals surface area contributed by atoms with Crippen LogP contribution < -0.4 is 0 Å². The van der Waals surface area contributed by atoms with Gasteiger partial charge >= 0.3 is 0 Å². The molecule has 16 heavy (non-hydrogen) atoms. The average molecular weight is 223 g/mol. The van der Waals surface area contributed by atoms with Crippen LogP contribution >= 0.6 is 0 Å². The Kier molecular flexibility index (Phi) is 12.1. The van der Waals surface area contributed by atoms with Gasteiger partial charge in [0, 0.05) is 7.11 Å². The molecule has 0 amide bonds. The van der Waals surface area contributed by atoms with Crippen LogP contribution in [0.25, 0.3) is 0 Å². The fourth-order valence-corrected chi connectivity index (χ4v) is 1.64. The SMILES string of the molecule is [CH]=CC(CC=CCCCCCCCC)OC. The minimum atomic E-state index is 0.0702. The van der Waals surface area contributed by atoms with Crippen LogP contribution in [0.2, 0.25) is 0 Å². The highest BCUT2D eigenvalue weighted by atomic mass is 16.5. The fraction of sp³-hybridized carbons (Fsp3) is 0.733. The molecule has 1 radical (unpaired) electrons. The normalized spacial score (nSPS) is 13.1. The lowest BCUT2D eigenvalue weighted by molar-refractivity contribution is 0.143. The summed E-state index contributed by atoms with van der Waals surface area (Å²) in [6.45, 7) is 7.66. The van der Waals surface area contributed by atoms with E-state index in [9.17, 15) is 0 Å². The molecule has 0 rings (SSSR count). The maximum absolute atomic E-state index is 5.41. The molecule has 0 aliphatic rings. The predicted molar refractivity (Wildman–Crippen MR) is 71.4 cm³/mol. The zero-order chi connectivity index (χ0) is 12.1. The molecule has 0 aromatic heterocycles. The van der Waals surface area contributed by atoms with E-state index in [1.807, 2.05) is 0 Å². The van der Waals surface area contributed by atoms with E-state index in [0.717, 1.165) is 6.42 Å². The van der Waals surface area contributed by atoms with E-state index in [2.05, 4.69) is 19.1 Å². The van der Waals surface area contributed by atoms with Gasteiger partial charge in [0.25, 0.3) is 0 Å². The molecule has 0 spiro atoms. The summed E-state index contributed by atoms with van der Waals surface area (Å²) in [5, 5.41) is 0. The zero-order valence-corrected chi connectivity index (χ0v) is 11.0. The van der Waals surface area contributed by atoms with Crippen molar-refractivity contribution in [3.05, 3.63) is 24.8 Å². The van der Waals surface area contributed by atoms with Crippen molar-refractivity contribution in [2.24, 2.45) is 0 Å². The first-order valence-corrected chi connectivity index (χ1v) is 6.58. The Hall–Kier alpha value is -0.560. The van der Waals surface area contributed by atoms with Gasteiger partial charge in [-0.05, 0) is 19.3 Å². The van der Waals surface area contributed by atoms with Crippen LogP contribution in [0.15, 0.2) is 18.2 Å². The Labute approximate surface area is 102 Å². The molecule has 0 aliphatic heterocycles. The Balaban J connectivity index is 3.24. The van der Waals surface area contributed by atoms with Crippen LogP contribution in [-0.4, -0.2) is 13.2 Å². The van der Waals surface area contributed by atoms with Gasteiger partial charge in [-0.2, -0.15) is 0 Å². The minimum Gasteiger partial charge on any atom is -0.377 e. The van der Waals surface area contributed by atoms with E-state index >= 15 is 0 Å². The lowest BCUT2D eigenvalue weighted by Gasteiger charge is -2.05. The van der Waals surface area contributed by atoms with Crippen molar-refractivity contribution < 1.29 is 4.74 Å². The third kappa shape index (κ3) is 9.97. The molecule has 0 aromatic rings. The van der Waals surface area contributed by atoms with Crippen molar-refractivity contribution in [3.8, 4) is 0 Å². The van der Waals surface area contributed by atoms with Gasteiger partial charge in [0.2, 0.25) is 0 Å². The number of methoxy groups -OCH3 is 1. The smallest absolute Gasteiger partial charge is 0.0789 e. The van der Waals surface area contributed by atoms with Crippen molar-refractivity contribution in [1.29, 1.82) is 0 Å². The Morgan fingerprint density at radius 3 is 2.38 bits per heavy atom. The second-order valence-electron chi connectivity index (χ2n) is 4.23. The largest absolute Gasteiger partial charge is 0.377 e. The second-order valence-corrected chi connectivity index (χ2v) is 4.23. The van der Waals surface area contributed by atoms with Gasteiger partial charge in [0.05, 0.1) is 6.10 Å². The van der Waals surface area contributed by atoms with Crippen LogP contribution in [0.4, 0.5) is 0 Å². The molecule has 1 unspecified atom stereocenters. The number of hydrogen-bond acceptors (Lipinski definition) is 1. The van der Waals surface area contributed by atoms with E-state index in [4.69, 9.17) is 11.3 Å². The summed E-state index contributed by atoms with van der Waals surface area (Å²) in [5.74, 6) is 0. The van der Waals surface area contributed by atoms with Gasteiger partial charge in [-0.15, -0.1) is 0 Å². The summed E-state index contributed by atoms with van der Waals surface area (Å²) in [6, 6.07) is 0. The predicted octanol–water partition coefficient (Wildman–Crippen LogP) is 4.69. The van der Waals surface area contributed by atoms with Gasteiger partial charge < -0.3 is 4.74 Å². The molecular formula is C15H27O. The highest BCUT2D eigenvalue weighted by molar-refractivity contribution is 4.89. The third-order valence-electron chi connectivity index (χ3n) is 2.78. The van der Waals surface area contributed by atoms with Crippen LogP contribution in [0, 0.1) is 6.58 Å². The molecule has 0 aromatic carbocycles. The van der Waals surface area contributed by atoms with Gasteiger partial charge in [-0.25, -0.2) is 0 Å². The van der Waals surface area contributed by atoms with Crippen molar-refractivity contribution >= 4 is 0 Å². The van der Waals surface area contributed by atoms with Crippen LogP contribution in [-0.2, 0) is 4.74 Å². The third-order valence-corrected chi connectivity index (χ3v) is 2.78. The summed E-state index contributed by atoms with van der Waals surface area (Å²) < 4.78 is 5.14. The molecule has 1 atom stereocenters. The Bertz CT molecular complexity index is 172. The van der Waals surface area contributed by atoms with Crippen molar-refractivity contribution in [2.45, 2.75) is 64.4 Å². The van der Waals surface area contributed by atoms with Crippen molar-refractivity contribution in [2.75, 3.05) is 7.11 Å². The lowest BCUT2D eigenvalue weighted by atomic mass is 10.1. The van der Waals surface area contributed by atoms with E-state index < -0.39 is 0 Å². The first-order chi connectivity index (χ1) is 7.85. The van der Waals surface area contributed by atoms with Gasteiger partial charge in [0.15, 0.2) is 0 Å². The quantitative estimate of drug-likeness (QED) is 0.365. The van der Waals surface area contributed by atoms with Gasteiger partial charge in [-0.1, -0.05) is 63.8 Å². The van der Waals surface area contributed by atoms with Gasteiger partial charge in [-0.3, -0.25) is 0 Å². The molecule has 0 heterocycles. The molecule has 0 saturated heterocycles. The number of allylic oxidation sites excluding steroid dienone is 1. The summed E-state index contributed by atoms with van der Waals surface area (Å²) in [7, 11) is 1.69. The number of hydrogen-bond donors (Lipinski definition) is 0. The van der Waals surface area contributed by atoms with E-state index in [-0.39, 0.29) is 6.10 Å². The van der Waals surface area contributed by atoms with E-state index in [0.29, 0.717) is 0 Å². The molecule has 0 N–H and O–H groups in total. The summed E-state index contributed by atoms with van der Waals surface area (Å²) in [4.78, 5) is 0.